The molecule has 0 aliphatic carbocycles. The number of furan rings is 1. The topological polar surface area (TPSA) is 45.9 Å². The van der Waals surface area contributed by atoms with Gasteiger partial charge in [0.25, 0.3) is 5.91 Å². The van der Waals surface area contributed by atoms with Crippen LogP contribution in [0, 0.1) is 0 Å². The minimum absolute atomic E-state index is 0.0675. The molecule has 2 aromatic rings. The molecule has 1 amide bonds. The Morgan fingerprint density at radius 1 is 1.17 bits per heavy atom. The molecule has 0 saturated carbocycles. The minimum Gasteiger partial charge on any atom is -0.484 e. The molecule has 5 nitrogen and oxygen atoms in total. The standard InChI is InChI=1S/C17H19ClN2O3/c1-19-8-10-20(11-9-19)17(21)16-7-6-13(23-16)12-22-15-5-3-2-4-14(15)18/h2-7H,8-12H2,1H3. The fourth-order valence-electron chi connectivity index (χ4n) is 2.45. The first-order valence-corrected chi connectivity index (χ1v) is 7.95. The lowest BCUT2D eigenvalue weighted by molar-refractivity contribution is 0.0628. The molecule has 1 saturated heterocycles. The lowest BCUT2D eigenvalue weighted by atomic mass is 10.3. The number of carbonyl (C=O) groups is 1. The summed E-state index contributed by atoms with van der Waals surface area (Å²) in [4.78, 5) is 16.4. The van der Waals surface area contributed by atoms with E-state index in [0.717, 1.165) is 26.2 Å². The Hall–Kier alpha value is -1.98. The van der Waals surface area contributed by atoms with Crippen LogP contribution in [-0.4, -0.2) is 48.9 Å². The molecule has 122 valence electrons. The summed E-state index contributed by atoms with van der Waals surface area (Å²) in [6, 6.07) is 10.7. The lowest BCUT2D eigenvalue weighted by Crippen LogP contribution is -2.47. The van der Waals surface area contributed by atoms with Gasteiger partial charge in [0.05, 0.1) is 5.02 Å². The maximum Gasteiger partial charge on any atom is 0.289 e. The third-order valence-corrected chi connectivity index (χ3v) is 4.18. The van der Waals surface area contributed by atoms with Crippen LogP contribution < -0.4 is 4.74 Å². The van der Waals surface area contributed by atoms with Crippen molar-refractivity contribution in [3.05, 3.63) is 52.9 Å². The third kappa shape index (κ3) is 3.86. The molecule has 6 heteroatoms. The van der Waals surface area contributed by atoms with Crippen molar-refractivity contribution in [3.63, 3.8) is 0 Å². The van der Waals surface area contributed by atoms with Gasteiger partial charge in [-0.15, -0.1) is 0 Å². The van der Waals surface area contributed by atoms with Crippen LogP contribution >= 0.6 is 11.6 Å². The van der Waals surface area contributed by atoms with Gasteiger partial charge in [0.2, 0.25) is 0 Å². The highest BCUT2D eigenvalue weighted by atomic mass is 35.5. The molecule has 0 unspecified atom stereocenters. The normalized spacial score (nSPS) is 15.7. The number of amides is 1. The van der Waals surface area contributed by atoms with Crippen LogP contribution in [0.15, 0.2) is 40.8 Å². The number of likely N-dealkylation sites (N-methyl/N-ethyl adjacent to an activating group) is 1. The molecule has 0 atom stereocenters. The van der Waals surface area contributed by atoms with E-state index in [1.807, 2.05) is 17.0 Å². The molecule has 0 N–H and O–H groups in total. The fraction of sp³-hybridized carbons (Fsp3) is 0.353. The number of benzene rings is 1. The molecule has 1 aromatic carbocycles. The van der Waals surface area contributed by atoms with Gasteiger partial charge in [0, 0.05) is 26.2 Å². The number of para-hydroxylation sites is 1. The van der Waals surface area contributed by atoms with Gasteiger partial charge in [-0.2, -0.15) is 0 Å². The summed E-state index contributed by atoms with van der Waals surface area (Å²) in [5, 5.41) is 0.549. The average Bonchev–Trinajstić information content (AvgIpc) is 3.03. The van der Waals surface area contributed by atoms with E-state index in [0.29, 0.717) is 22.3 Å². The van der Waals surface area contributed by atoms with Crippen molar-refractivity contribution in [2.75, 3.05) is 33.2 Å². The van der Waals surface area contributed by atoms with Crippen molar-refractivity contribution < 1.29 is 13.9 Å². The maximum atomic E-state index is 12.4. The van der Waals surface area contributed by atoms with Gasteiger partial charge in [-0.3, -0.25) is 4.79 Å². The maximum absolute atomic E-state index is 12.4. The van der Waals surface area contributed by atoms with E-state index in [4.69, 9.17) is 20.8 Å². The molecule has 1 aromatic heterocycles. The number of hydrogen-bond donors (Lipinski definition) is 0. The van der Waals surface area contributed by atoms with Gasteiger partial charge < -0.3 is 19.0 Å². The van der Waals surface area contributed by atoms with Gasteiger partial charge in [-0.05, 0) is 31.3 Å². The zero-order valence-corrected chi connectivity index (χ0v) is 13.8. The molecule has 2 heterocycles. The highest BCUT2D eigenvalue weighted by molar-refractivity contribution is 6.32. The Bertz CT molecular complexity index is 678. The predicted molar refractivity (Wildman–Crippen MR) is 87.9 cm³/mol. The average molecular weight is 335 g/mol. The largest absolute Gasteiger partial charge is 0.484 e. The van der Waals surface area contributed by atoms with Crippen molar-refractivity contribution >= 4 is 17.5 Å². The van der Waals surface area contributed by atoms with Crippen LogP contribution in [0.2, 0.25) is 5.02 Å². The van der Waals surface area contributed by atoms with Crippen LogP contribution in [0.4, 0.5) is 0 Å². The Morgan fingerprint density at radius 2 is 1.91 bits per heavy atom. The zero-order valence-electron chi connectivity index (χ0n) is 13.0. The second-order valence-corrected chi connectivity index (χ2v) is 5.99. The number of halogens is 1. The van der Waals surface area contributed by atoms with E-state index in [1.54, 1.807) is 24.3 Å². The summed E-state index contributed by atoms with van der Waals surface area (Å²) >= 11 is 6.04. The fourth-order valence-corrected chi connectivity index (χ4v) is 2.64. The van der Waals surface area contributed by atoms with Crippen LogP contribution in [0.1, 0.15) is 16.3 Å². The number of ether oxygens (including phenoxy) is 1. The molecule has 1 aliphatic heterocycles. The molecule has 0 radical (unpaired) electrons. The van der Waals surface area contributed by atoms with E-state index in [2.05, 4.69) is 11.9 Å². The lowest BCUT2D eigenvalue weighted by Gasteiger charge is -2.31. The summed E-state index contributed by atoms with van der Waals surface area (Å²) in [6.07, 6.45) is 0. The van der Waals surface area contributed by atoms with E-state index in [1.165, 1.54) is 0 Å². The highest BCUT2D eigenvalue weighted by Crippen LogP contribution is 2.24. The first-order chi connectivity index (χ1) is 11.1. The Kier molecular flexibility index (Phi) is 4.88. The van der Waals surface area contributed by atoms with Crippen molar-refractivity contribution in [2.45, 2.75) is 6.61 Å². The van der Waals surface area contributed by atoms with Crippen LogP contribution in [-0.2, 0) is 6.61 Å². The van der Waals surface area contributed by atoms with Gasteiger partial charge >= 0.3 is 0 Å². The first-order valence-electron chi connectivity index (χ1n) is 7.57. The summed E-state index contributed by atoms with van der Waals surface area (Å²) in [6.45, 7) is 3.45. The first kappa shape index (κ1) is 15.9. The second kappa shape index (κ2) is 7.06. The number of hydrogen-bond acceptors (Lipinski definition) is 4. The van der Waals surface area contributed by atoms with Gasteiger partial charge in [-0.25, -0.2) is 0 Å². The second-order valence-electron chi connectivity index (χ2n) is 5.58. The Morgan fingerprint density at radius 3 is 2.65 bits per heavy atom. The molecule has 0 bridgehead atoms. The molecular formula is C17H19ClN2O3. The summed E-state index contributed by atoms with van der Waals surface area (Å²) in [5.74, 6) is 1.48. The molecule has 1 aliphatic rings. The Balaban J connectivity index is 1.59. The molecule has 23 heavy (non-hydrogen) atoms. The number of carbonyl (C=O) groups excluding carboxylic acids is 1. The van der Waals surface area contributed by atoms with Gasteiger partial charge in [-0.1, -0.05) is 23.7 Å². The summed E-state index contributed by atoms with van der Waals surface area (Å²) in [5.41, 5.74) is 0. The smallest absolute Gasteiger partial charge is 0.289 e. The van der Waals surface area contributed by atoms with E-state index in [-0.39, 0.29) is 12.5 Å². The minimum atomic E-state index is -0.0675. The number of rotatable bonds is 4. The third-order valence-electron chi connectivity index (χ3n) is 3.87. The molecule has 1 fully saturated rings. The van der Waals surface area contributed by atoms with E-state index >= 15 is 0 Å². The number of nitrogens with zero attached hydrogens (tertiary/aromatic N) is 2. The van der Waals surface area contributed by atoms with Gasteiger partial charge in [0.1, 0.15) is 18.1 Å². The monoisotopic (exact) mass is 334 g/mol. The molecule has 3 rings (SSSR count). The quantitative estimate of drug-likeness (QED) is 0.862. The summed E-state index contributed by atoms with van der Waals surface area (Å²) in [7, 11) is 2.05. The predicted octanol–water partition coefficient (Wildman–Crippen LogP) is 2.90. The Labute approximate surface area is 140 Å². The zero-order chi connectivity index (χ0) is 16.2. The van der Waals surface area contributed by atoms with Crippen LogP contribution in [0.3, 0.4) is 0 Å². The van der Waals surface area contributed by atoms with E-state index < -0.39 is 0 Å². The highest BCUT2D eigenvalue weighted by Gasteiger charge is 2.22. The van der Waals surface area contributed by atoms with Crippen molar-refractivity contribution in [1.82, 2.24) is 9.80 Å². The van der Waals surface area contributed by atoms with Crippen LogP contribution in [0.5, 0.6) is 5.75 Å². The molecular weight excluding hydrogens is 316 g/mol. The van der Waals surface area contributed by atoms with E-state index in [9.17, 15) is 4.79 Å². The van der Waals surface area contributed by atoms with Gasteiger partial charge in [0.15, 0.2) is 5.76 Å². The SMILES string of the molecule is CN1CCN(C(=O)c2ccc(COc3ccccc3Cl)o2)CC1. The molecule has 0 spiro atoms. The summed E-state index contributed by atoms with van der Waals surface area (Å²) < 4.78 is 11.2. The van der Waals surface area contributed by atoms with Crippen molar-refractivity contribution in [3.8, 4) is 5.75 Å². The van der Waals surface area contributed by atoms with Crippen molar-refractivity contribution in [2.24, 2.45) is 0 Å². The van der Waals surface area contributed by atoms with Crippen LogP contribution in [0.25, 0.3) is 0 Å². The van der Waals surface area contributed by atoms with Crippen molar-refractivity contribution in [1.29, 1.82) is 0 Å². The number of piperazine rings is 1.